The molecule has 0 saturated carbocycles. The lowest BCUT2D eigenvalue weighted by Crippen LogP contribution is -2.08. The molecular formula is C14H19FO. The summed E-state index contributed by atoms with van der Waals surface area (Å²) in [6.45, 7) is 2.00. The minimum atomic E-state index is -0.641. The molecule has 1 nitrogen and oxygen atoms in total. The van der Waals surface area contributed by atoms with E-state index in [0.29, 0.717) is 12.0 Å². The molecule has 88 valence electrons. The summed E-state index contributed by atoms with van der Waals surface area (Å²) in [5.74, 6) is -0.235. The summed E-state index contributed by atoms with van der Waals surface area (Å²) in [5, 5.41) is 9.86. The summed E-state index contributed by atoms with van der Waals surface area (Å²) in [6.07, 6.45) is 5.22. The molecule has 0 aromatic heterocycles. The van der Waals surface area contributed by atoms with Crippen LogP contribution in [0.5, 0.6) is 0 Å². The lowest BCUT2D eigenvalue weighted by molar-refractivity contribution is 0.161. The summed E-state index contributed by atoms with van der Waals surface area (Å²) in [4.78, 5) is 0. The van der Waals surface area contributed by atoms with Gasteiger partial charge in [0.15, 0.2) is 0 Å². The fourth-order valence-electron chi connectivity index (χ4n) is 2.46. The average molecular weight is 222 g/mol. The van der Waals surface area contributed by atoms with Crippen LogP contribution in [0.15, 0.2) is 12.1 Å². The van der Waals surface area contributed by atoms with Gasteiger partial charge in [-0.2, -0.15) is 0 Å². The molecule has 0 bridgehead atoms. The van der Waals surface area contributed by atoms with Gasteiger partial charge in [0.2, 0.25) is 0 Å². The van der Waals surface area contributed by atoms with Crippen LogP contribution in [0.1, 0.15) is 55.4 Å². The fourth-order valence-corrected chi connectivity index (χ4v) is 2.46. The van der Waals surface area contributed by atoms with Gasteiger partial charge in [-0.25, -0.2) is 4.39 Å². The molecule has 0 fully saturated rings. The zero-order valence-corrected chi connectivity index (χ0v) is 9.80. The van der Waals surface area contributed by atoms with Crippen molar-refractivity contribution in [2.45, 2.75) is 51.6 Å². The quantitative estimate of drug-likeness (QED) is 0.829. The smallest absolute Gasteiger partial charge is 0.129 e. The molecule has 1 aromatic carbocycles. The van der Waals surface area contributed by atoms with E-state index in [1.807, 2.05) is 13.0 Å². The predicted octanol–water partition coefficient (Wildman–Crippen LogP) is 3.54. The van der Waals surface area contributed by atoms with E-state index in [4.69, 9.17) is 0 Å². The molecule has 2 rings (SSSR count). The van der Waals surface area contributed by atoms with E-state index in [0.717, 1.165) is 31.2 Å². The number of hydrogen-bond acceptors (Lipinski definition) is 1. The highest BCUT2D eigenvalue weighted by atomic mass is 19.1. The molecule has 1 aliphatic carbocycles. The molecule has 0 amide bonds. The number of fused-ring (bicyclic) bond motifs is 1. The maximum absolute atomic E-state index is 13.8. The zero-order chi connectivity index (χ0) is 11.5. The maximum Gasteiger partial charge on any atom is 0.129 e. The first-order valence-corrected chi connectivity index (χ1v) is 6.21. The van der Waals surface area contributed by atoms with Gasteiger partial charge in [0.25, 0.3) is 0 Å². The molecule has 16 heavy (non-hydrogen) atoms. The van der Waals surface area contributed by atoms with Crippen molar-refractivity contribution >= 4 is 0 Å². The van der Waals surface area contributed by atoms with Crippen LogP contribution < -0.4 is 0 Å². The average Bonchev–Trinajstić information content (AvgIpc) is 2.28. The molecule has 2 heteroatoms. The van der Waals surface area contributed by atoms with Crippen molar-refractivity contribution in [2.24, 2.45) is 0 Å². The van der Waals surface area contributed by atoms with Crippen molar-refractivity contribution in [1.82, 2.24) is 0 Å². The topological polar surface area (TPSA) is 20.2 Å². The van der Waals surface area contributed by atoms with Crippen LogP contribution in [-0.2, 0) is 12.8 Å². The molecule has 1 aliphatic rings. The van der Waals surface area contributed by atoms with Crippen LogP contribution in [0.2, 0.25) is 0 Å². The molecule has 0 aliphatic heterocycles. The number of halogens is 1. The van der Waals surface area contributed by atoms with Crippen molar-refractivity contribution in [1.29, 1.82) is 0 Å². The van der Waals surface area contributed by atoms with E-state index in [2.05, 4.69) is 0 Å². The lowest BCUT2D eigenvalue weighted by atomic mass is 9.88. The van der Waals surface area contributed by atoms with Gasteiger partial charge in [-0.05, 0) is 49.3 Å². The molecular weight excluding hydrogens is 203 g/mol. The number of hydrogen-bond donors (Lipinski definition) is 1. The fraction of sp³-hybridized carbons (Fsp3) is 0.571. The number of aryl methyl sites for hydroxylation is 2. The SMILES string of the molecule is CCCC(O)c1cc2c(cc1F)CCCC2. The predicted molar refractivity (Wildman–Crippen MR) is 62.9 cm³/mol. The highest BCUT2D eigenvalue weighted by Crippen LogP contribution is 2.28. The third-order valence-electron chi connectivity index (χ3n) is 3.38. The Hall–Kier alpha value is -0.890. The second kappa shape index (κ2) is 4.96. The second-order valence-corrected chi connectivity index (χ2v) is 4.65. The first kappa shape index (κ1) is 11.6. The number of aliphatic hydroxyl groups is 1. The Morgan fingerprint density at radius 1 is 1.25 bits per heavy atom. The Labute approximate surface area is 96.3 Å². The Bertz CT molecular complexity index is 373. The highest BCUT2D eigenvalue weighted by molar-refractivity contribution is 5.35. The first-order chi connectivity index (χ1) is 7.72. The van der Waals surface area contributed by atoms with Crippen LogP contribution in [0, 0.1) is 5.82 Å². The maximum atomic E-state index is 13.8. The normalized spacial score (nSPS) is 16.9. The summed E-state index contributed by atoms with van der Waals surface area (Å²) in [7, 11) is 0. The summed E-state index contributed by atoms with van der Waals surface area (Å²) in [5.41, 5.74) is 2.86. The van der Waals surface area contributed by atoms with Crippen LogP contribution in [-0.4, -0.2) is 5.11 Å². The van der Waals surface area contributed by atoms with Crippen LogP contribution in [0.3, 0.4) is 0 Å². The zero-order valence-electron chi connectivity index (χ0n) is 9.80. The first-order valence-electron chi connectivity index (χ1n) is 6.21. The Balaban J connectivity index is 2.31. The van der Waals surface area contributed by atoms with Crippen molar-refractivity contribution in [3.63, 3.8) is 0 Å². The molecule has 0 heterocycles. The molecule has 1 unspecified atom stereocenters. The minimum absolute atomic E-state index is 0.235. The van der Waals surface area contributed by atoms with E-state index in [9.17, 15) is 9.50 Å². The molecule has 0 spiro atoms. The Morgan fingerprint density at radius 2 is 1.88 bits per heavy atom. The van der Waals surface area contributed by atoms with E-state index in [1.54, 1.807) is 6.07 Å². The van der Waals surface area contributed by atoms with Gasteiger partial charge < -0.3 is 5.11 Å². The van der Waals surface area contributed by atoms with E-state index >= 15 is 0 Å². The second-order valence-electron chi connectivity index (χ2n) is 4.65. The van der Waals surface area contributed by atoms with Gasteiger partial charge in [-0.15, -0.1) is 0 Å². The highest BCUT2D eigenvalue weighted by Gasteiger charge is 2.17. The molecule has 0 radical (unpaired) electrons. The van der Waals surface area contributed by atoms with Crippen molar-refractivity contribution in [2.75, 3.05) is 0 Å². The van der Waals surface area contributed by atoms with E-state index in [1.165, 1.54) is 12.0 Å². The van der Waals surface area contributed by atoms with Crippen molar-refractivity contribution < 1.29 is 9.50 Å². The molecule has 0 saturated heterocycles. The van der Waals surface area contributed by atoms with Crippen molar-refractivity contribution in [3.8, 4) is 0 Å². The molecule has 1 atom stereocenters. The monoisotopic (exact) mass is 222 g/mol. The van der Waals surface area contributed by atoms with E-state index < -0.39 is 6.10 Å². The van der Waals surface area contributed by atoms with Gasteiger partial charge in [-0.3, -0.25) is 0 Å². The van der Waals surface area contributed by atoms with Gasteiger partial charge in [0.05, 0.1) is 6.10 Å². The van der Waals surface area contributed by atoms with Gasteiger partial charge >= 0.3 is 0 Å². The summed E-state index contributed by atoms with van der Waals surface area (Å²) < 4.78 is 13.8. The molecule has 1 N–H and O–H groups in total. The minimum Gasteiger partial charge on any atom is -0.388 e. The third-order valence-corrected chi connectivity index (χ3v) is 3.38. The number of benzene rings is 1. The van der Waals surface area contributed by atoms with Crippen molar-refractivity contribution in [3.05, 3.63) is 34.6 Å². The van der Waals surface area contributed by atoms with E-state index in [-0.39, 0.29) is 5.82 Å². The Morgan fingerprint density at radius 3 is 2.50 bits per heavy atom. The van der Waals surface area contributed by atoms with Gasteiger partial charge in [-0.1, -0.05) is 19.4 Å². The summed E-state index contributed by atoms with van der Waals surface area (Å²) in [6, 6.07) is 3.51. The van der Waals surface area contributed by atoms with Crippen LogP contribution in [0.25, 0.3) is 0 Å². The summed E-state index contributed by atoms with van der Waals surface area (Å²) >= 11 is 0. The number of aliphatic hydroxyl groups excluding tert-OH is 1. The van der Waals surface area contributed by atoms with Crippen LogP contribution >= 0.6 is 0 Å². The number of rotatable bonds is 3. The Kier molecular flexibility index (Phi) is 3.59. The van der Waals surface area contributed by atoms with Gasteiger partial charge in [0.1, 0.15) is 5.82 Å². The molecule has 1 aromatic rings. The lowest BCUT2D eigenvalue weighted by Gasteiger charge is -2.19. The standard InChI is InChI=1S/C14H19FO/c1-2-5-14(16)12-8-10-6-3-4-7-11(10)9-13(12)15/h8-9,14,16H,2-7H2,1H3. The largest absolute Gasteiger partial charge is 0.388 e. The third kappa shape index (κ3) is 2.27. The van der Waals surface area contributed by atoms with Gasteiger partial charge in [0, 0.05) is 5.56 Å². The van der Waals surface area contributed by atoms with Crippen LogP contribution in [0.4, 0.5) is 4.39 Å².